The van der Waals surface area contributed by atoms with E-state index in [1.54, 1.807) is 31.7 Å². The number of thiophene rings is 1. The first-order valence-electron chi connectivity index (χ1n) is 12.2. The number of para-hydroxylation sites is 1. The Morgan fingerprint density at radius 2 is 1.84 bits per heavy atom. The predicted molar refractivity (Wildman–Crippen MR) is 150 cm³/mol. The Morgan fingerprint density at radius 1 is 1.05 bits per heavy atom. The van der Waals surface area contributed by atoms with Gasteiger partial charge in [0.2, 0.25) is 5.91 Å². The van der Waals surface area contributed by atoms with Crippen molar-refractivity contribution in [2.45, 2.75) is 39.2 Å². The average molecular weight is 555 g/mol. The number of nitrogens with zero attached hydrogens (tertiary/aromatic N) is 2. The number of benzene rings is 1. The number of hydrogen-bond acceptors (Lipinski definition) is 8. The first-order valence-corrected chi connectivity index (χ1v) is 14.0. The van der Waals surface area contributed by atoms with E-state index < -0.39 is 11.7 Å². The number of thiazole rings is 1. The molecule has 2 N–H and O–H groups in total. The average Bonchev–Trinajstić information content (AvgIpc) is 3.63. The van der Waals surface area contributed by atoms with Crippen LogP contribution in [0.4, 0.5) is 9.93 Å². The first-order chi connectivity index (χ1) is 18.2. The van der Waals surface area contributed by atoms with Gasteiger partial charge in [0, 0.05) is 36.8 Å². The number of anilines is 1. The zero-order valence-electron chi connectivity index (χ0n) is 21.5. The van der Waals surface area contributed by atoms with Crippen LogP contribution in [0.15, 0.2) is 57.6 Å². The SMILES string of the molecule is CC(C)(C)OC(=O)NCCNC(=O)CCCN(C(=O)c1cccs1)c1nc(-c2cc3ccccc3o2)cs1. The fourth-order valence-corrected chi connectivity index (χ4v) is 5.10. The summed E-state index contributed by atoms with van der Waals surface area (Å²) in [4.78, 5) is 44.2. The number of carbonyl (C=O) groups excluding carboxylic acids is 3. The molecule has 0 aliphatic rings. The Morgan fingerprint density at radius 3 is 2.58 bits per heavy atom. The minimum atomic E-state index is -0.579. The monoisotopic (exact) mass is 554 g/mol. The van der Waals surface area contributed by atoms with Gasteiger partial charge >= 0.3 is 6.09 Å². The summed E-state index contributed by atoms with van der Waals surface area (Å²) in [6, 6.07) is 13.3. The van der Waals surface area contributed by atoms with E-state index in [-0.39, 0.29) is 31.3 Å². The third-order valence-corrected chi connectivity index (χ3v) is 7.00. The van der Waals surface area contributed by atoms with Gasteiger partial charge in [0.1, 0.15) is 16.9 Å². The molecule has 0 saturated heterocycles. The third-order valence-electron chi connectivity index (χ3n) is 5.28. The van der Waals surface area contributed by atoms with Crippen molar-refractivity contribution < 1.29 is 23.5 Å². The molecule has 9 nitrogen and oxygen atoms in total. The molecule has 0 aliphatic heterocycles. The van der Waals surface area contributed by atoms with Gasteiger partial charge in [0.25, 0.3) is 5.91 Å². The molecular formula is C27H30N4O5S2. The van der Waals surface area contributed by atoms with Crippen molar-refractivity contribution in [3.63, 3.8) is 0 Å². The lowest BCUT2D eigenvalue weighted by atomic mass is 10.2. The van der Waals surface area contributed by atoms with Crippen LogP contribution in [0.5, 0.6) is 0 Å². The number of amides is 3. The highest BCUT2D eigenvalue weighted by atomic mass is 32.1. The van der Waals surface area contributed by atoms with Gasteiger partial charge in [-0.15, -0.1) is 22.7 Å². The molecule has 0 saturated carbocycles. The summed E-state index contributed by atoms with van der Waals surface area (Å²) in [5.41, 5.74) is 0.848. The summed E-state index contributed by atoms with van der Waals surface area (Å²) in [6.45, 7) is 6.22. The third kappa shape index (κ3) is 7.42. The van der Waals surface area contributed by atoms with Gasteiger partial charge in [-0.2, -0.15) is 0 Å². The second-order valence-electron chi connectivity index (χ2n) is 9.48. The van der Waals surface area contributed by atoms with Crippen molar-refractivity contribution in [3.05, 3.63) is 58.1 Å². The van der Waals surface area contributed by atoms with Gasteiger partial charge < -0.3 is 19.8 Å². The molecule has 1 aromatic carbocycles. The molecule has 0 aliphatic carbocycles. The molecule has 38 heavy (non-hydrogen) atoms. The first kappa shape index (κ1) is 27.3. The smallest absolute Gasteiger partial charge is 0.407 e. The van der Waals surface area contributed by atoms with Crippen LogP contribution >= 0.6 is 22.7 Å². The molecule has 0 spiro atoms. The fourth-order valence-electron chi connectivity index (χ4n) is 3.59. The number of rotatable bonds is 10. The van der Waals surface area contributed by atoms with E-state index in [0.717, 1.165) is 11.0 Å². The maximum atomic E-state index is 13.3. The van der Waals surface area contributed by atoms with E-state index >= 15 is 0 Å². The zero-order chi connectivity index (χ0) is 27.1. The molecule has 3 heterocycles. The fraction of sp³-hybridized carbons (Fsp3) is 0.333. The Labute approximate surface area is 228 Å². The van der Waals surface area contributed by atoms with E-state index in [0.29, 0.717) is 34.4 Å². The Hall–Kier alpha value is -3.70. The van der Waals surface area contributed by atoms with Crippen LogP contribution in [-0.2, 0) is 9.53 Å². The van der Waals surface area contributed by atoms with Crippen molar-refractivity contribution in [3.8, 4) is 11.5 Å². The van der Waals surface area contributed by atoms with E-state index in [9.17, 15) is 14.4 Å². The lowest BCUT2D eigenvalue weighted by Gasteiger charge is -2.20. The summed E-state index contributed by atoms with van der Waals surface area (Å²) in [6.07, 6.45) is 0.143. The normalized spacial score (nSPS) is 11.3. The van der Waals surface area contributed by atoms with Gasteiger partial charge in [-0.1, -0.05) is 24.3 Å². The van der Waals surface area contributed by atoms with Gasteiger partial charge in [0.05, 0.1) is 4.88 Å². The molecule has 11 heteroatoms. The second-order valence-corrected chi connectivity index (χ2v) is 11.3. The highest BCUT2D eigenvalue weighted by Crippen LogP contribution is 2.32. The number of nitrogens with one attached hydrogen (secondary N) is 2. The highest BCUT2D eigenvalue weighted by molar-refractivity contribution is 7.14. The number of ether oxygens (including phenoxy) is 1. The number of furan rings is 1. The lowest BCUT2D eigenvalue weighted by Crippen LogP contribution is -2.38. The summed E-state index contributed by atoms with van der Waals surface area (Å²) >= 11 is 2.72. The van der Waals surface area contributed by atoms with Crippen molar-refractivity contribution in [2.24, 2.45) is 0 Å². The zero-order valence-corrected chi connectivity index (χ0v) is 23.1. The van der Waals surface area contributed by atoms with Crippen LogP contribution in [0.1, 0.15) is 43.3 Å². The maximum Gasteiger partial charge on any atom is 0.407 e. The number of hydrogen-bond donors (Lipinski definition) is 2. The lowest BCUT2D eigenvalue weighted by molar-refractivity contribution is -0.121. The maximum absolute atomic E-state index is 13.3. The molecular weight excluding hydrogens is 524 g/mol. The van der Waals surface area contributed by atoms with E-state index in [4.69, 9.17) is 9.15 Å². The number of alkyl carbamates (subject to hydrolysis) is 1. The van der Waals surface area contributed by atoms with Crippen LogP contribution in [0, 0.1) is 0 Å². The van der Waals surface area contributed by atoms with Gasteiger partial charge in [-0.05, 0) is 50.8 Å². The molecule has 4 rings (SSSR count). The predicted octanol–water partition coefficient (Wildman–Crippen LogP) is 5.69. The topological polar surface area (TPSA) is 114 Å². The summed E-state index contributed by atoms with van der Waals surface area (Å²) in [5.74, 6) is 0.311. The van der Waals surface area contributed by atoms with Crippen LogP contribution < -0.4 is 15.5 Å². The standard InChI is InChI=1S/C27H30N4O5S2/c1-27(2,3)36-26(34)29-13-12-28-23(32)11-6-14-31(24(33)22-10-7-15-37-22)25-30-19(17-38-25)21-16-18-8-4-5-9-20(18)35-21/h4-5,7-10,15-17H,6,11-14H2,1-3H3,(H,28,32)(H,29,34). The molecule has 4 aromatic rings. The van der Waals surface area contributed by atoms with Crippen LogP contribution in [0.2, 0.25) is 0 Å². The number of carbonyl (C=O) groups is 3. The molecule has 0 atom stereocenters. The molecule has 3 aromatic heterocycles. The molecule has 3 amide bonds. The molecule has 0 unspecified atom stereocenters. The quantitative estimate of drug-likeness (QED) is 0.244. The second kappa shape index (κ2) is 12.2. The minimum Gasteiger partial charge on any atom is -0.454 e. The highest BCUT2D eigenvalue weighted by Gasteiger charge is 2.23. The largest absolute Gasteiger partial charge is 0.454 e. The number of aromatic nitrogens is 1. The summed E-state index contributed by atoms with van der Waals surface area (Å²) < 4.78 is 11.1. The van der Waals surface area contributed by atoms with Gasteiger partial charge in [-0.3, -0.25) is 14.5 Å². The molecule has 0 fully saturated rings. The van der Waals surface area contributed by atoms with Crippen molar-refractivity contribution in [1.29, 1.82) is 0 Å². The molecule has 0 radical (unpaired) electrons. The van der Waals surface area contributed by atoms with Crippen molar-refractivity contribution in [2.75, 3.05) is 24.5 Å². The van der Waals surface area contributed by atoms with E-state index in [1.165, 1.54) is 22.7 Å². The Bertz CT molecular complexity index is 1350. The minimum absolute atomic E-state index is 0.160. The van der Waals surface area contributed by atoms with E-state index in [2.05, 4.69) is 15.6 Å². The Balaban J connectivity index is 1.34. The Kier molecular flexibility index (Phi) is 8.80. The molecule has 200 valence electrons. The van der Waals surface area contributed by atoms with E-state index in [1.807, 2.05) is 47.2 Å². The number of fused-ring (bicyclic) bond motifs is 1. The van der Waals surface area contributed by atoms with Crippen LogP contribution in [0.25, 0.3) is 22.4 Å². The summed E-state index contributed by atoms with van der Waals surface area (Å²) in [5, 5.41) is 10.6. The van der Waals surface area contributed by atoms with Crippen molar-refractivity contribution in [1.82, 2.24) is 15.6 Å². The van der Waals surface area contributed by atoms with Crippen molar-refractivity contribution >= 4 is 56.7 Å². The van der Waals surface area contributed by atoms with Crippen LogP contribution in [-0.4, -0.2) is 48.1 Å². The summed E-state index contributed by atoms with van der Waals surface area (Å²) in [7, 11) is 0. The van der Waals surface area contributed by atoms with Crippen LogP contribution in [0.3, 0.4) is 0 Å². The molecule has 0 bridgehead atoms. The van der Waals surface area contributed by atoms with Gasteiger partial charge in [-0.25, -0.2) is 9.78 Å². The van der Waals surface area contributed by atoms with Gasteiger partial charge in [0.15, 0.2) is 10.9 Å².